The normalized spacial score (nSPS) is 11.8. The van der Waals surface area contributed by atoms with Gasteiger partial charge in [0.25, 0.3) is 6.43 Å². The Morgan fingerprint density at radius 3 is 2.60 bits per heavy atom. The molecule has 9 heteroatoms. The van der Waals surface area contributed by atoms with Crippen LogP contribution in [-0.4, -0.2) is 42.3 Å². The van der Waals surface area contributed by atoms with Gasteiger partial charge < -0.3 is 4.74 Å². The molecule has 1 aromatic rings. The van der Waals surface area contributed by atoms with E-state index >= 15 is 0 Å². The molecule has 0 spiro atoms. The van der Waals surface area contributed by atoms with Gasteiger partial charge in [0.15, 0.2) is 9.84 Å². The molecule has 0 radical (unpaired) electrons. The summed E-state index contributed by atoms with van der Waals surface area (Å²) >= 11 is 0. The lowest BCUT2D eigenvalue weighted by molar-refractivity contribution is 0.0513. The zero-order chi connectivity index (χ0) is 15.3. The number of carbonyl (C=O) groups is 1. The Labute approximate surface area is 115 Å². The topological polar surface area (TPSA) is 78.3 Å². The van der Waals surface area contributed by atoms with Gasteiger partial charge in [0.1, 0.15) is 11.3 Å². The highest BCUT2D eigenvalue weighted by Crippen LogP contribution is 2.23. The predicted octanol–water partition coefficient (Wildman–Crippen LogP) is 1.43. The maximum absolute atomic E-state index is 13.0. The molecule has 114 valence electrons. The number of sulfone groups is 1. The van der Waals surface area contributed by atoms with E-state index in [2.05, 4.69) is 9.84 Å². The van der Waals surface area contributed by atoms with Crippen molar-refractivity contribution in [2.45, 2.75) is 26.8 Å². The molecule has 0 saturated carbocycles. The second-order valence-electron chi connectivity index (χ2n) is 3.92. The number of halogens is 2. The average Bonchev–Trinajstić information content (AvgIpc) is 2.81. The minimum absolute atomic E-state index is 0.0525. The van der Waals surface area contributed by atoms with Gasteiger partial charge in [-0.05, 0) is 6.92 Å². The van der Waals surface area contributed by atoms with Crippen LogP contribution < -0.4 is 0 Å². The molecule has 0 aromatic carbocycles. The number of hydrogen-bond acceptors (Lipinski definition) is 5. The number of carbonyl (C=O) groups excluding carboxylic acids is 1. The van der Waals surface area contributed by atoms with Crippen molar-refractivity contribution in [2.24, 2.45) is 0 Å². The smallest absolute Gasteiger partial charge is 0.341 e. The van der Waals surface area contributed by atoms with Crippen molar-refractivity contribution < 1.29 is 26.7 Å². The lowest BCUT2D eigenvalue weighted by atomic mass is 10.2. The molecule has 0 atom stereocenters. The van der Waals surface area contributed by atoms with E-state index in [0.29, 0.717) is 0 Å². The maximum atomic E-state index is 13.0. The molecule has 0 bridgehead atoms. The van der Waals surface area contributed by atoms with Crippen LogP contribution in [0.25, 0.3) is 0 Å². The zero-order valence-electron chi connectivity index (χ0n) is 11.2. The van der Waals surface area contributed by atoms with E-state index < -0.39 is 27.9 Å². The Kier molecular flexibility index (Phi) is 5.61. The van der Waals surface area contributed by atoms with Crippen LogP contribution in [0.1, 0.15) is 36.3 Å². The third-order valence-corrected chi connectivity index (χ3v) is 4.32. The second-order valence-corrected chi connectivity index (χ2v) is 6.40. The molecule has 1 aromatic heterocycles. The monoisotopic (exact) mass is 310 g/mol. The lowest BCUT2D eigenvalue weighted by Gasteiger charge is -2.08. The Morgan fingerprint density at radius 1 is 1.45 bits per heavy atom. The molecule has 0 unspecified atom stereocenters. The maximum Gasteiger partial charge on any atom is 0.341 e. The summed E-state index contributed by atoms with van der Waals surface area (Å²) in [5.41, 5.74) is -0.953. The Balaban J connectivity index is 3.01. The van der Waals surface area contributed by atoms with E-state index in [-0.39, 0.29) is 30.2 Å². The highest BCUT2D eigenvalue weighted by molar-refractivity contribution is 7.91. The third kappa shape index (κ3) is 3.99. The summed E-state index contributed by atoms with van der Waals surface area (Å²) in [6, 6.07) is 0. The molecular weight excluding hydrogens is 294 g/mol. The van der Waals surface area contributed by atoms with Crippen molar-refractivity contribution >= 4 is 15.8 Å². The second kappa shape index (κ2) is 6.78. The van der Waals surface area contributed by atoms with Gasteiger partial charge in [-0.1, -0.05) is 6.92 Å². The molecule has 0 aliphatic rings. The number of rotatable bonds is 7. The van der Waals surface area contributed by atoms with E-state index in [0.717, 1.165) is 10.9 Å². The van der Waals surface area contributed by atoms with Crippen LogP contribution in [0, 0.1) is 0 Å². The van der Waals surface area contributed by atoms with Crippen molar-refractivity contribution in [3.63, 3.8) is 0 Å². The van der Waals surface area contributed by atoms with Crippen LogP contribution in [0.2, 0.25) is 0 Å². The van der Waals surface area contributed by atoms with Gasteiger partial charge in [-0.3, -0.25) is 4.68 Å². The number of alkyl halides is 2. The quantitative estimate of drug-likeness (QED) is 0.712. The standard InChI is InChI=1S/C11H16F2N2O4S/c1-3-19-11(16)8-7-14-15(9(8)10(12)13)5-6-20(17,18)4-2/h7,10H,3-6H2,1-2H3. The minimum Gasteiger partial charge on any atom is -0.462 e. The highest BCUT2D eigenvalue weighted by Gasteiger charge is 2.25. The molecular formula is C11H16F2N2O4S. The van der Waals surface area contributed by atoms with Gasteiger partial charge in [0, 0.05) is 5.75 Å². The first-order valence-electron chi connectivity index (χ1n) is 6.03. The van der Waals surface area contributed by atoms with Gasteiger partial charge >= 0.3 is 5.97 Å². The van der Waals surface area contributed by atoms with Crippen LogP contribution in [0.4, 0.5) is 8.78 Å². The number of aryl methyl sites for hydroxylation is 1. The van der Waals surface area contributed by atoms with E-state index in [4.69, 9.17) is 0 Å². The molecule has 1 rings (SSSR count). The molecule has 0 amide bonds. The van der Waals surface area contributed by atoms with Crippen molar-refractivity contribution in [1.29, 1.82) is 0 Å². The molecule has 0 saturated heterocycles. The average molecular weight is 310 g/mol. The Morgan fingerprint density at radius 2 is 2.10 bits per heavy atom. The largest absolute Gasteiger partial charge is 0.462 e. The fraction of sp³-hybridized carbons (Fsp3) is 0.636. The van der Waals surface area contributed by atoms with Gasteiger partial charge in [0.05, 0.1) is 25.1 Å². The summed E-state index contributed by atoms with van der Waals surface area (Å²) < 4.78 is 54.3. The van der Waals surface area contributed by atoms with E-state index in [1.54, 1.807) is 6.92 Å². The third-order valence-electron chi connectivity index (χ3n) is 2.64. The Bertz CT molecular complexity index is 569. The molecule has 0 aliphatic carbocycles. The molecule has 1 heterocycles. The summed E-state index contributed by atoms with van der Waals surface area (Å²) in [4.78, 5) is 11.5. The van der Waals surface area contributed by atoms with Gasteiger partial charge in [-0.25, -0.2) is 22.0 Å². The van der Waals surface area contributed by atoms with E-state index in [1.807, 2.05) is 0 Å². The summed E-state index contributed by atoms with van der Waals surface area (Å²) in [5.74, 6) is -1.29. The number of esters is 1. The van der Waals surface area contributed by atoms with Crippen molar-refractivity contribution in [3.8, 4) is 0 Å². The fourth-order valence-corrected chi connectivity index (χ4v) is 2.28. The van der Waals surface area contributed by atoms with Crippen LogP contribution in [0.15, 0.2) is 6.20 Å². The minimum atomic E-state index is -3.30. The predicted molar refractivity (Wildman–Crippen MR) is 67.5 cm³/mol. The lowest BCUT2D eigenvalue weighted by Crippen LogP contribution is -2.18. The molecule has 0 aliphatic heterocycles. The van der Waals surface area contributed by atoms with Crippen LogP contribution in [-0.2, 0) is 21.1 Å². The molecule has 0 N–H and O–H groups in total. The van der Waals surface area contributed by atoms with Crippen molar-refractivity contribution in [2.75, 3.05) is 18.1 Å². The summed E-state index contributed by atoms with van der Waals surface area (Å²) in [6.07, 6.45) is -1.97. The van der Waals surface area contributed by atoms with Gasteiger partial charge in [-0.15, -0.1) is 0 Å². The zero-order valence-corrected chi connectivity index (χ0v) is 12.0. The highest BCUT2D eigenvalue weighted by atomic mass is 32.2. The van der Waals surface area contributed by atoms with Crippen LogP contribution >= 0.6 is 0 Å². The molecule has 6 nitrogen and oxygen atoms in total. The SMILES string of the molecule is CCOC(=O)c1cnn(CCS(=O)(=O)CC)c1C(F)F. The summed E-state index contributed by atoms with van der Waals surface area (Å²) in [6.45, 7) is 2.85. The van der Waals surface area contributed by atoms with Crippen molar-refractivity contribution in [1.82, 2.24) is 9.78 Å². The summed E-state index contributed by atoms with van der Waals surface area (Å²) in [5, 5.41) is 3.65. The van der Waals surface area contributed by atoms with Crippen molar-refractivity contribution in [3.05, 3.63) is 17.5 Å². The van der Waals surface area contributed by atoms with E-state index in [9.17, 15) is 22.0 Å². The van der Waals surface area contributed by atoms with Crippen LogP contribution in [0.5, 0.6) is 0 Å². The first-order chi connectivity index (χ1) is 9.32. The molecule has 20 heavy (non-hydrogen) atoms. The van der Waals surface area contributed by atoms with Crippen LogP contribution in [0.3, 0.4) is 0 Å². The molecule has 0 fully saturated rings. The van der Waals surface area contributed by atoms with Gasteiger partial charge in [0.2, 0.25) is 0 Å². The first kappa shape index (κ1) is 16.5. The summed E-state index contributed by atoms with van der Waals surface area (Å²) in [7, 11) is -3.30. The first-order valence-corrected chi connectivity index (χ1v) is 7.86. The number of hydrogen-bond donors (Lipinski definition) is 0. The van der Waals surface area contributed by atoms with E-state index in [1.165, 1.54) is 6.92 Å². The fourth-order valence-electron chi connectivity index (χ4n) is 1.54. The number of ether oxygens (including phenoxy) is 1. The van der Waals surface area contributed by atoms with Gasteiger partial charge in [-0.2, -0.15) is 5.10 Å². The number of aromatic nitrogens is 2. The Hall–Kier alpha value is -1.51. The number of nitrogens with zero attached hydrogens (tertiary/aromatic N) is 2.